The molecule has 0 saturated carbocycles. The number of fused-ring (bicyclic) bond motifs is 1. The van der Waals surface area contributed by atoms with E-state index >= 15 is 0 Å². The number of aromatic nitrogens is 2. The van der Waals surface area contributed by atoms with Gasteiger partial charge in [0.2, 0.25) is 0 Å². The average molecular weight is 365 g/mol. The maximum Gasteiger partial charge on any atom is 0.326 e. The van der Waals surface area contributed by atoms with Gasteiger partial charge in [-0.3, -0.25) is 9.78 Å². The summed E-state index contributed by atoms with van der Waals surface area (Å²) in [5.41, 5.74) is 1.98. The predicted molar refractivity (Wildman–Crippen MR) is 96.9 cm³/mol. The Morgan fingerprint density at radius 3 is 2.63 bits per heavy atom. The van der Waals surface area contributed by atoms with Gasteiger partial charge in [-0.15, -0.1) is 0 Å². The zero-order valence-corrected chi connectivity index (χ0v) is 14.2. The van der Waals surface area contributed by atoms with Gasteiger partial charge in [0, 0.05) is 18.0 Å². The molecule has 0 aliphatic carbocycles. The third kappa shape index (κ3) is 3.12. The summed E-state index contributed by atoms with van der Waals surface area (Å²) in [5.74, 6) is -1.72. The van der Waals surface area contributed by atoms with Crippen LogP contribution in [0.2, 0.25) is 0 Å². The number of halogens is 1. The van der Waals surface area contributed by atoms with Crippen molar-refractivity contribution in [3.8, 4) is 11.4 Å². The molecule has 3 heterocycles. The molecule has 2 atom stereocenters. The van der Waals surface area contributed by atoms with Crippen molar-refractivity contribution >= 4 is 22.8 Å². The molecule has 1 aromatic carbocycles. The number of carbonyl (C=O) groups is 2. The molecule has 3 aromatic rings. The molecule has 1 aliphatic rings. The van der Waals surface area contributed by atoms with Crippen molar-refractivity contribution in [3.05, 3.63) is 60.3 Å². The molecule has 27 heavy (non-hydrogen) atoms. The van der Waals surface area contributed by atoms with E-state index in [0.717, 1.165) is 4.90 Å². The molecule has 1 amide bonds. The first kappa shape index (κ1) is 17.1. The fourth-order valence-corrected chi connectivity index (χ4v) is 3.40. The molecule has 136 valence electrons. The molecule has 0 unspecified atom stereocenters. The van der Waals surface area contributed by atoms with Crippen LogP contribution in [0.15, 0.2) is 54.7 Å². The lowest BCUT2D eigenvalue weighted by Gasteiger charge is -2.22. The van der Waals surface area contributed by atoms with Crippen LogP contribution in [0, 0.1) is 0 Å². The van der Waals surface area contributed by atoms with Crippen molar-refractivity contribution in [1.29, 1.82) is 0 Å². The third-order valence-corrected chi connectivity index (χ3v) is 4.67. The number of nitrogens with zero attached hydrogens (tertiary/aromatic N) is 3. The van der Waals surface area contributed by atoms with Crippen molar-refractivity contribution in [2.75, 3.05) is 6.54 Å². The van der Waals surface area contributed by atoms with Crippen LogP contribution in [-0.2, 0) is 4.79 Å². The summed E-state index contributed by atoms with van der Waals surface area (Å²) in [7, 11) is 0. The van der Waals surface area contributed by atoms with E-state index < -0.39 is 24.1 Å². The molecule has 1 saturated heterocycles. The van der Waals surface area contributed by atoms with E-state index in [4.69, 9.17) is 0 Å². The van der Waals surface area contributed by atoms with Gasteiger partial charge in [0.25, 0.3) is 5.91 Å². The van der Waals surface area contributed by atoms with Crippen LogP contribution in [0.5, 0.6) is 0 Å². The first-order valence-electron chi connectivity index (χ1n) is 8.53. The minimum Gasteiger partial charge on any atom is -0.480 e. The minimum atomic E-state index is -1.35. The zero-order chi connectivity index (χ0) is 19.0. The second-order valence-electron chi connectivity index (χ2n) is 6.43. The zero-order valence-electron chi connectivity index (χ0n) is 14.2. The number of benzene rings is 1. The van der Waals surface area contributed by atoms with Gasteiger partial charge in [-0.05, 0) is 24.3 Å². The minimum absolute atomic E-state index is 0.197. The summed E-state index contributed by atoms with van der Waals surface area (Å²) in [6.45, 7) is -0.231. The number of para-hydroxylation sites is 1. The van der Waals surface area contributed by atoms with E-state index in [0.29, 0.717) is 27.9 Å². The number of alkyl halides is 1. The van der Waals surface area contributed by atoms with Gasteiger partial charge in [0.15, 0.2) is 0 Å². The highest BCUT2D eigenvalue weighted by Crippen LogP contribution is 2.28. The Bertz CT molecular complexity index is 1030. The Morgan fingerprint density at radius 2 is 1.89 bits per heavy atom. The van der Waals surface area contributed by atoms with Crippen LogP contribution >= 0.6 is 0 Å². The van der Waals surface area contributed by atoms with Gasteiger partial charge in [-0.25, -0.2) is 14.2 Å². The van der Waals surface area contributed by atoms with Gasteiger partial charge < -0.3 is 10.0 Å². The Hall–Kier alpha value is -3.35. The maximum absolute atomic E-state index is 13.8. The molecule has 0 radical (unpaired) electrons. The average Bonchev–Trinajstić information content (AvgIpc) is 3.09. The number of carboxylic acids is 1. The van der Waals surface area contributed by atoms with E-state index in [1.54, 1.807) is 48.7 Å². The highest BCUT2D eigenvalue weighted by Gasteiger charge is 2.40. The number of hydrogen-bond acceptors (Lipinski definition) is 4. The summed E-state index contributed by atoms with van der Waals surface area (Å²) >= 11 is 0. The van der Waals surface area contributed by atoms with E-state index in [1.807, 2.05) is 6.07 Å². The van der Waals surface area contributed by atoms with E-state index in [-0.39, 0.29) is 13.0 Å². The molecule has 2 aromatic heterocycles. The van der Waals surface area contributed by atoms with Gasteiger partial charge in [0.1, 0.15) is 12.2 Å². The van der Waals surface area contributed by atoms with Crippen LogP contribution in [0.1, 0.15) is 16.8 Å². The van der Waals surface area contributed by atoms with Crippen LogP contribution in [0.25, 0.3) is 22.3 Å². The molecule has 1 aliphatic heterocycles. The molecule has 6 nitrogen and oxygen atoms in total. The van der Waals surface area contributed by atoms with Gasteiger partial charge in [-0.2, -0.15) is 0 Å². The van der Waals surface area contributed by atoms with Crippen LogP contribution in [-0.4, -0.2) is 50.6 Å². The van der Waals surface area contributed by atoms with Gasteiger partial charge >= 0.3 is 5.97 Å². The monoisotopic (exact) mass is 365 g/mol. The Morgan fingerprint density at radius 1 is 1.11 bits per heavy atom. The molecule has 1 fully saturated rings. The highest BCUT2D eigenvalue weighted by molar-refractivity contribution is 6.08. The van der Waals surface area contributed by atoms with Crippen LogP contribution < -0.4 is 0 Å². The topological polar surface area (TPSA) is 83.4 Å². The second kappa shape index (κ2) is 6.75. The summed E-state index contributed by atoms with van der Waals surface area (Å²) in [6.07, 6.45) is 0.0814. The second-order valence-corrected chi connectivity index (χ2v) is 6.43. The number of rotatable bonds is 3. The summed E-state index contributed by atoms with van der Waals surface area (Å²) < 4.78 is 13.8. The smallest absolute Gasteiger partial charge is 0.326 e. The third-order valence-electron chi connectivity index (χ3n) is 4.67. The SMILES string of the molecule is O=C(O)[C@@H]1C[C@H](F)CN1C(=O)c1cc(-c2ccccn2)nc2ccccc12. The number of carbonyl (C=O) groups excluding carboxylic acids is 1. The number of carboxylic acid groups (broad SMARTS) is 1. The fraction of sp³-hybridized carbons (Fsp3) is 0.200. The van der Waals surface area contributed by atoms with E-state index in [1.165, 1.54) is 0 Å². The first-order chi connectivity index (χ1) is 13.0. The molecular weight excluding hydrogens is 349 g/mol. The molecule has 1 N–H and O–H groups in total. The van der Waals surface area contributed by atoms with Crippen molar-refractivity contribution in [2.45, 2.75) is 18.6 Å². The first-order valence-corrected chi connectivity index (χ1v) is 8.53. The Balaban J connectivity index is 1.85. The molecule has 4 rings (SSSR count). The normalized spacial score (nSPS) is 19.4. The summed E-state index contributed by atoms with van der Waals surface area (Å²) in [4.78, 5) is 34.5. The van der Waals surface area contributed by atoms with Crippen molar-refractivity contribution in [1.82, 2.24) is 14.9 Å². The molecule has 7 heteroatoms. The number of amides is 1. The van der Waals surface area contributed by atoms with Crippen LogP contribution in [0.4, 0.5) is 4.39 Å². The Labute approximate surface area is 154 Å². The lowest BCUT2D eigenvalue weighted by Crippen LogP contribution is -2.40. The molecular formula is C20H16FN3O3. The quantitative estimate of drug-likeness (QED) is 0.772. The highest BCUT2D eigenvalue weighted by atomic mass is 19.1. The number of pyridine rings is 2. The van der Waals surface area contributed by atoms with Crippen molar-refractivity contribution in [2.24, 2.45) is 0 Å². The standard InChI is InChI=1S/C20H16FN3O3/c21-12-9-18(20(26)27)24(11-12)19(25)14-10-17(16-7-3-4-8-22-16)23-15-6-2-1-5-13(14)15/h1-8,10,12,18H,9,11H2,(H,26,27)/t12-,18-/m0/s1. The van der Waals surface area contributed by atoms with Crippen LogP contribution in [0.3, 0.4) is 0 Å². The fourth-order valence-electron chi connectivity index (χ4n) is 3.40. The summed E-state index contributed by atoms with van der Waals surface area (Å²) in [5, 5.41) is 9.95. The summed E-state index contributed by atoms with van der Waals surface area (Å²) in [6, 6.07) is 12.9. The van der Waals surface area contributed by atoms with Crippen molar-refractivity contribution in [3.63, 3.8) is 0 Å². The lowest BCUT2D eigenvalue weighted by molar-refractivity contribution is -0.141. The maximum atomic E-state index is 13.8. The Kier molecular flexibility index (Phi) is 4.27. The number of hydrogen-bond donors (Lipinski definition) is 1. The molecule has 0 bridgehead atoms. The number of likely N-dealkylation sites (tertiary alicyclic amines) is 1. The lowest BCUT2D eigenvalue weighted by atomic mass is 10.0. The largest absolute Gasteiger partial charge is 0.480 e. The van der Waals surface area contributed by atoms with Gasteiger partial charge in [0.05, 0.1) is 29.0 Å². The number of aliphatic carboxylic acids is 1. The molecule has 0 spiro atoms. The van der Waals surface area contributed by atoms with Gasteiger partial charge in [-0.1, -0.05) is 24.3 Å². The predicted octanol–water partition coefficient (Wildman–Crippen LogP) is 2.93. The van der Waals surface area contributed by atoms with Crippen molar-refractivity contribution < 1.29 is 19.1 Å². The van der Waals surface area contributed by atoms with E-state index in [9.17, 15) is 19.1 Å². The van der Waals surface area contributed by atoms with E-state index in [2.05, 4.69) is 9.97 Å².